The Morgan fingerprint density at radius 2 is 1.15 bits per heavy atom. The second-order valence-corrected chi connectivity index (χ2v) is 17.3. The zero-order valence-corrected chi connectivity index (χ0v) is 33.7. The minimum atomic E-state index is 0.818. The predicted molar refractivity (Wildman–Crippen MR) is 255 cm³/mol. The van der Waals surface area contributed by atoms with Crippen molar-refractivity contribution in [3.8, 4) is 28.5 Å². The number of hydrogen-bond acceptors (Lipinski definition) is 3. The first-order valence-electron chi connectivity index (χ1n) is 20.9. The number of benzene rings is 8. The van der Waals surface area contributed by atoms with E-state index in [4.69, 9.17) is 9.40 Å². The van der Waals surface area contributed by atoms with Crippen molar-refractivity contribution in [2.24, 2.45) is 0 Å². The van der Waals surface area contributed by atoms with Crippen molar-refractivity contribution in [2.75, 3.05) is 0 Å². The maximum atomic E-state index is 7.52. The molecule has 0 aliphatic heterocycles. The van der Waals surface area contributed by atoms with Crippen LogP contribution in [0.25, 0.3) is 121 Å². The molecule has 6 heteroatoms. The van der Waals surface area contributed by atoms with Crippen LogP contribution in [0.15, 0.2) is 180 Å². The number of hydrogen-bond donors (Lipinski definition) is 0. The van der Waals surface area contributed by atoms with E-state index >= 15 is 0 Å². The Bertz CT molecular complexity index is 3950. The van der Waals surface area contributed by atoms with Gasteiger partial charge in [0.15, 0.2) is 11.2 Å². The molecular weight excluding hydrogens is 765 g/mol. The average molecular weight is 799 g/mol. The van der Waals surface area contributed by atoms with Crippen LogP contribution in [0.5, 0.6) is 0 Å². The Morgan fingerprint density at radius 1 is 0.492 bits per heavy atom. The first-order chi connectivity index (χ1) is 30.3. The van der Waals surface area contributed by atoms with Crippen LogP contribution >= 0.6 is 11.3 Å². The summed E-state index contributed by atoms with van der Waals surface area (Å²) >= 11 is 1.95. The molecule has 5 nitrogen and oxygen atoms in total. The number of nitrogens with zero attached hydrogens (tertiary/aromatic N) is 4. The largest absolute Gasteiger partial charge is 0.452 e. The van der Waals surface area contributed by atoms with Gasteiger partial charge in [0, 0.05) is 58.5 Å². The van der Waals surface area contributed by atoms with E-state index in [1.165, 1.54) is 47.6 Å². The van der Waals surface area contributed by atoms with Crippen LogP contribution in [0.3, 0.4) is 0 Å². The summed E-state index contributed by atoms with van der Waals surface area (Å²) in [6, 6.07) is 61.2. The third kappa shape index (κ3) is 4.57. The second kappa shape index (κ2) is 12.4. The first kappa shape index (κ1) is 33.2. The topological polar surface area (TPSA) is 40.8 Å². The molecule has 14 rings (SSSR count). The number of aryl methyl sites for hydroxylation is 1. The van der Waals surface area contributed by atoms with Crippen molar-refractivity contribution in [3.05, 3.63) is 186 Å². The second-order valence-electron chi connectivity index (χ2n) is 16.2. The van der Waals surface area contributed by atoms with Crippen molar-refractivity contribution in [2.45, 2.75) is 12.8 Å². The van der Waals surface area contributed by atoms with E-state index in [-0.39, 0.29) is 0 Å². The van der Waals surface area contributed by atoms with Crippen molar-refractivity contribution in [1.82, 2.24) is 18.7 Å². The molecule has 0 saturated carbocycles. The third-order valence-corrected chi connectivity index (χ3v) is 14.1. The molecule has 1 aliphatic rings. The number of aromatic nitrogens is 4. The fourth-order valence-corrected chi connectivity index (χ4v) is 11.5. The van der Waals surface area contributed by atoms with Crippen LogP contribution in [0.2, 0.25) is 0 Å². The molecule has 0 N–H and O–H groups in total. The van der Waals surface area contributed by atoms with Crippen LogP contribution in [0, 0.1) is 0 Å². The predicted octanol–water partition coefficient (Wildman–Crippen LogP) is 15.0. The quantitative estimate of drug-likeness (QED) is 0.178. The Balaban J connectivity index is 1.13. The molecule has 0 saturated heterocycles. The molecule has 0 radical (unpaired) electrons. The SMILES string of the molecule is C1=Cc2c(sc3cc4c5ccccc5n(-c5cccc6c5oc5c(-n7c8ccccc8c8ccccc87)c(-c7nc8ccccc8n7-c7ccccc7)ccc56)c4cc23)CC1. The molecule has 8 aromatic carbocycles. The number of imidazole rings is 1. The fraction of sp³-hybridized carbons (Fsp3) is 0.0364. The Labute approximate surface area is 353 Å². The summed E-state index contributed by atoms with van der Waals surface area (Å²) in [4.78, 5) is 6.91. The van der Waals surface area contributed by atoms with Crippen LogP contribution in [-0.4, -0.2) is 18.7 Å². The molecule has 1 aliphatic carbocycles. The number of thiophene rings is 1. The zero-order valence-electron chi connectivity index (χ0n) is 32.8. The van der Waals surface area contributed by atoms with E-state index < -0.39 is 0 Å². The number of furan rings is 1. The Morgan fingerprint density at radius 3 is 1.93 bits per heavy atom. The summed E-state index contributed by atoms with van der Waals surface area (Å²) in [7, 11) is 0. The van der Waals surface area contributed by atoms with Gasteiger partial charge in [0.05, 0.1) is 38.8 Å². The van der Waals surface area contributed by atoms with Gasteiger partial charge in [0.1, 0.15) is 11.5 Å². The number of para-hydroxylation sites is 7. The molecule has 0 fully saturated rings. The highest BCUT2D eigenvalue weighted by Gasteiger charge is 2.27. The number of allylic oxidation sites excluding steroid dienone is 1. The molecule has 286 valence electrons. The van der Waals surface area contributed by atoms with E-state index in [0.29, 0.717) is 0 Å². The maximum Gasteiger partial charge on any atom is 0.160 e. The highest BCUT2D eigenvalue weighted by atomic mass is 32.1. The maximum absolute atomic E-state index is 7.52. The average Bonchev–Trinajstić information content (AvgIpc) is 4.13. The summed E-state index contributed by atoms with van der Waals surface area (Å²) < 4.78 is 16.0. The van der Waals surface area contributed by atoms with Crippen molar-refractivity contribution in [3.63, 3.8) is 0 Å². The summed E-state index contributed by atoms with van der Waals surface area (Å²) in [5.74, 6) is 0.853. The lowest BCUT2D eigenvalue weighted by molar-refractivity contribution is 0.664. The van der Waals surface area contributed by atoms with Gasteiger partial charge in [-0.05, 0) is 91.2 Å². The molecule has 61 heavy (non-hydrogen) atoms. The highest BCUT2D eigenvalue weighted by molar-refractivity contribution is 7.19. The standard InChI is InChI=1S/C55H34N4OS/c1-2-15-33(16-3-1)57-47-26-12-8-22-43(47)56-55(57)40-30-29-39-38-21-14-27-48(53(38)60-54(39)52(40)59-45-24-10-4-17-34(45)35-18-5-11-25-46(35)59)58-44-23-9-6-19-36(44)41-32-51-42(31-49(41)58)37-20-7-13-28-50(37)61-51/h1-12,14-27,29-32H,13,28H2. The lowest BCUT2D eigenvalue weighted by Crippen LogP contribution is -2.03. The fourth-order valence-electron chi connectivity index (χ4n) is 10.3. The molecular formula is C55H34N4OS. The molecule has 0 atom stereocenters. The molecule has 5 heterocycles. The van der Waals surface area contributed by atoms with Gasteiger partial charge in [0.2, 0.25) is 0 Å². The van der Waals surface area contributed by atoms with Crippen molar-refractivity contribution < 1.29 is 4.42 Å². The van der Waals surface area contributed by atoms with Gasteiger partial charge in [-0.25, -0.2) is 4.98 Å². The van der Waals surface area contributed by atoms with Gasteiger partial charge in [0.25, 0.3) is 0 Å². The Kier molecular flexibility index (Phi) is 6.76. The van der Waals surface area contributed by atoms with Crippen LogP contribution in [0.4, 0.5) is 0 Å². The molecule has 0 spiro atoms. The van der Waals surface area contributed by atoms with Crippen molar-refractivity contribution in [1.29, 1.82) is 0 Å². The van der Waals surface area contributed by atoms with E-state index in [2.05, 4.69) is 196 Å². The van der Waals surface area contributed by atoms with Gasteiger partial charge in [-0.2, -0.15) is 0 Å². The molecule has 13 aromatic rings. The summed E-state index contributed by atoms with van der Waals surface area (Å²) in [5, 5.41) is 8.33. The van der Waals surface area contributed by atoms with Crippen LogP contribution < -0.4 is 0 Å². The summed E-state index contributed by atoms with van der Waals surface area (Å²) in [5.41, 5.74) is 13.6. The Hall–Kier alpha value is -7.67. The van der Waals surface area contributed by atoms with Gasteiger partial charge < -0.3 is 13.6 Å². The van der Waals surface area contributed by atoms with Crippen LogP contribution in [-0.2, 0) is 6.42 Å². The normalized spacial score (nSPS) is 13.0. The van der Waals surface area contributed by atoms with Gasteiger partial charge in [-0.3, -0.25) is 4.57 Å². The molecule has 5 aromatic heterocycles. The van der Waals surface area contributed by atoms with E-state index in [1.54, 1.807) is 0 Å². The van der Waals surface area contributed by atoms with Gasteiger partial charge in [-0.1, -0.05) is 109 Å². The summed E-state index contributed by atoms with van der Waals surface area (Å²) in [6.45, 7) is 0. The minimum absolute atomic E-state index is 0.818. The smallest absolute Gasteiger partial charge is 0.160 e. The molecule has 0 amide bonds. The van der Waals surface area contributed by atoms with Crippen molar-refractivity contribution >= 4 is 104 Å². The van der Waals surface area contributed by atoms with E-state index in [0.717, 1.165) is 90.8 Å². The zero-order chi connectivity index (χ0) is 39.8. The molecule has 0 unspecified atom stereocenters. The van der Waals surface area contributed by atoms with Gasteiger partial charge in [-0.15, -0.1) is 11.3 Å². The van der Waals surface area contributed by atoms with E-state index in [1.807, 2.05) is 11.3 Å². The molecule has 0 bridgehead atoms. The first-order valence-corrected chi connectivity index (χ1v) is 21.8. The van der Waals surface area contributed by atoms with Gasteiger partial charge >= 0.3 is 0 Å². The van der Waals surface area contributed by atoms with Crippen LogP contribution in [0.1, 0.15) is 16.9 Å². The number of fused-ring (bicyclic) bond motifs is 13. The van der Waals surface area contributed by atoms with E-state index in [9.17, 15) is 0 Å². The lowest BCUT2D eigenvalue weighted by atomic mass is 10.0. The minimum Gasteiger partial charge on any atom is -0.452 e. The third-order valence-electron chi connectivity index (χ3n) is 12.9. The monoisotopic (exact) mass is 798 g/mol. The summed E-state index contributed by atoms with van der Waals surface area (Å²) in [6.07, 6.45) is 6.86. The number of rotatable bonds is 4. The lowest BCUT2D eigenvalue weighted by Gasteiger charge is -2.16. The highest BCUT2D eigenvalue weighted by Crippen LogP contribution is 2.47.